The van der Waals surface area contributed by atoms with Crippen LogP contribution in [0.4, 0.5) is 0 Å². The van der Waals surface area contributed by atoms with E-state index in [-0.39, 0.29) is 11.3 Å². The van der Waals surface area contributed by atoms with Crippen molar-refractivity contribution in [2.24, 2.45) is 0 Å². The highest BCUT2D eigenvalue weighted by Gasteiger charge is 2.27. The van der Waals surface area contributed by atoms with Gasteiger partial charge in [0.25, 0.3) is 0 Å². The number of carbonyl (C=O) groups is 1. The Hall–Kier alpha value is -2.34. The van der Waals surface area contributed by atoms with E-state index in [1.165, 1.54) is 30.3 Å². The minimum absolute atomic E-state index is 0.0221. The number of phenolic OH excluding ortho intramolecular Hbond substituents is 2. The average molecular weight is 338 g/mol. The SMILES string of the molecule is CC(C(=O)c1c(O)cccc1OP(=O)(O)O)c1cccc(O)c1. The average Bonchev–Trinajstić information content (AvgIpc) is 2.44. The fraction of sp³-hybridized carbons (Fsp3) is 0.133. The number of phenols is 2. The van der Waals surface area contributed by atoms with Crippen LogP contribution in [-0.4, -0.2) is 25.8 Å². The maximum Gasteiger partial charge on any atom is 0.524 e. The monoisotopic (exact) mass is 338 g/mol. The molecule has 2 aromatic carbocycles. The van der Waals surface area contributed by atoms with E-state index in [2.05, 4.69) is 4.52 Å². The normalized spacial score (nSPS) is 12.7. The summed E-state index contributed by atoms with van der Waals surface area (Å²) in [5.41, 5.74) is 0.159. The highest BCUT2D eigenvalue weighted by Crippen LogP contribution is 2.42. The summed E-state index contributed by atoms with van der Waals surface area (Å²) in [5.74, 6) is -2.25. The summed E-state index contributed by atoms with van der Waals surface area (Å²) in [6, 6.07) is 9.72. The largest absolute Gasteiger partial charge is 0.524 e. The summed E-state index contributed by atoms with van der Waals surface area (Å²) >= 11 is 0. The van der Waals surface area contributed by atoms with Crippen LogP contribution in [0.25, 0.3) is 0 Å². The van der Waals surface area contributed by atoms with Crippen LogP contribution in [-0.2, 0) is 4.57 Å². The molecule has 2 aromatic rings. The molecule has 0 bridgehead atoms. The van der Waals surface area contributed by atoms with Crippen molar-refractivity contribution in [2.75, 3.05) is 0 Å². The number of rotatable bonds is 5. The molecule has 0 aliphatic carbocycles. The van der Waals surface area contributed by atoms with Crippen LogP contribution in [0.5, 0.6) is 17.2 Å². The third-order valence-corrected chi connectivity index (χ3v) is 3.67. The van der Waals surface area contributed by atoms with E-state index in [9.17, 15) is 19.6 Å². The molecule has 1 atom stereocenters. The molecule has 0 amide bonds. The van der Waals surface area contributed by atoms with Crippen LogP contribution in [0.1, 0.15) is 28.8 Å². The lowest BCUT2D eigenvalue weighted by Crippen LogP contribution is -2.11. The summed E-state index contributed by atoms with van der Waals surface area (Å²) in [4.78, 5) is 30.5. The van der Waals surface area contributed by atoms with Crippen molar-refractivity contribution >= 4 is 13.6 Å². The zero-order valence-electron chi connectivity index (χ0n) is 12.1. The van der Waals surface area contributed by atoms with E-state index < -0.39 is 31.0 Å². The molecule has 8 heteroatoms. The Balaban J connectivity index is 2.44. The molecule has 122 valence electrons. The molecular weight excluding hydrogens is 323 g/mol. The maximum atomic E-state index is 12.6. The molecule has 0 spiro atoms. The molecule has 0 heterocycles. The molecule has 23 heavy (non-hydrogen) atoms. The Morgan fingerprint density at radius 1 is 1.13 bits per heavy atom. The van der Waals surface area contributed by atoms with E-state index in [1.807, 2.05) is 0 Å². The van der Waals surface area contributed by atoms with Crippen LogP contribution >= 0.6 is 7.82 Å². The third-order valence-electron chi connectivity index (χ3n) is 3.23. The van der Waals surface area contributed by atoms with Crippen molar-refractivity contribution in [3.63, 3.8) is 0 Å². The van der Waals surface area contributed by atoms with Gasteiger partial charge < -0.3 is 14.7 Å². The predicted octanol–water partition coefficient (Wildman–Crippen LogP) is 2.56. The second kappa shape index (κ2) is 6.42. The zero-order valence-corrected chi connectivity index (χ0v) is 13.0. The number of carbonyl (C=O) groups excluding carboxylic acids is 1. The van der Waals surface area contributed by atoms with Crippen molar-refractivity contribution in [1.82, 2.24) is 0 Å². The van der Waals surface area contributed by atoms with Gasteiger partial charge in [-0.25, -0.2) is 4.57 Å². The maximum absolute atomic E-state index is 12.6. The van der Waals surface area contributed by atoms with Gasteiger partial charge in [0.2, 0.25) is 0 Å². The molecule has 0 saturated heterocycles. The van der Waals surface area contributed by atoms with Gasteiger partial charge in [-0.1, -0.05) is 25.1 Å². The highest BCUT2D eigenvalue weighted by molar-refractivity contribution is 7.46. The zero-order chi connectivity index (χ0) is 17.2. The summed E-state index contributed by atoms with van der Waals surface area (Å²) in [6.45, 7) is 1.55. The van der Waals surface area contributed by atoms with Crippen molar-refractivity contribution < 1.29 is 33.9 Å². The van der Waals surface area contributed by atoms with Gasteiger partial charge in [-0.05, 0) is 29.8 Å². The lowest BCUT2D eigenvalue weighted by atomic mass is 9.91. The number of hydrogen-bond acceptors (Lipinski definition) is 5. The molecule has 0 aromatic heterocycles. The Labute approximate surface area is 132 Å². The number of phosphoric acid groups is 1. The number of aromatic hydroxyl groups is 2. The van der Waals surface area contributed by atoms with Gasteiger partial charge in [-0.15, -0.1) is 0 Å². The van der Waals surface area contributed by atoms with Crippen molar-refractivity contribution in [1.29, 1.82) is 0 Å². The summed E-state index contributed by atoms with van der Waals surface area (Å²) < 4.78 is 15.5. The molecule has 0 aliphatic heterocycles. The van der Waals surface area contributed by atoms with Gasteiger partial charge in [0.15, 0.2) is 5.78 Å². The van der Waals surface area contributed by atoms with Crippen LogP contribution in [0, 0.1) is 0 Å². The first-order valence-corrected chi connectivity index (χ1v) is 8.12. The topological polar surface area (TPSA) is 124 Å². The summed E-state index contributed by atoms with van der Waals surface area (Å²) in [7, 11) is -4.89. The molecule has 4 N–H and O–H groups in total. The molecule has 0 saturated carbocycles. The van der Waals surface area contributed by atoms with Gasteiger partial charge in [-0.2, -0.15) is 0 Å². The van der Waals surface area contributed by atoms with Gasteiger partial charge in [0, 0.05) is 5.92 Å². The van der Waals surface area contributed by atoms with Gasteiger partial charge in [-0.3, -0.25) is 14.6 Å². The van der Waals surface area contributed by atoms with Gasteiger partial charge in [0.1, 0.15) is 22.8 Å². The predicted molar refractivity (Wildman–Crippen MR) is 81.6 cm³/mol. The molecule has 0 fully saturated rings. The fourth-order valence-electron chi connectivity index (χ4n) is 2.13. The first-order valence-electron chi connectivity index (χ1n) is 6.59. The lowest BCUT2D eigenvalue weighted by Gasteiger charge is -2.16. The number of phosphoric ester groups is 1. The van der Waals surface area contributed by atoms with Gasteiger partial charge >= 0.3 is 7.82 Å². The number of ketones is 1. The Morgan fingerprint density at radius 2 is 1.78 bits per heavy atom. The van der Waals surface area contributed by atoms with Crippen molar-refractivity contribution in [3.8, 4) is 17.2 Å². The van der Waals surface area contributed by atoms with Crippen molar-refractivity contribution in [2.45, 2.75) is 12.8 Å². The van der Waals surface area contributed by atoms with Crippen LogP contribution in [0.3, 0.4) is 0 Å². The molecular formula is C15H15O7P. The second-order valence-corrected chi connectivity index (χ2v) is 6.08. The molecule has 2 rings (SSSR count). The van der Waals surface area contributed by atoms with E-state index in [0.717, 1.165) is 0 Å². The number of Topliss-reactive ketones (excluding diaryl/α,β-unsaturated/α-hetero) is 1. The third kappa shape index (κ3) is 4.10. The minimum atomic E-state index is -4.89. The quantitative estimate of drug-likeness (QED) is 0.488. The van der Waals surface area contributed by atoms with E-state index in [4.69, 9.17) is 9.79 Å². The summed E-state index contributed by atoms with van der Waals surface area (Å²) in [6.07, 6.45) is 0. The van der Waals surface area contributed by atoms with Gasteiger partial charge in [0.05, 0.1) is 0 Å². The number of benzene rings is 2. The van der Waals surface area contributed by atoms with Crippen molar-refractivity contribution in [3.05, 3.63) is 53.6 Å². The minimum Gasteiger partial charge on any atom is -0.508 e. The van der Waals surface area contributed by atoms with Crippen LogP contribution < -0.4 is 4.52 Å². The summed E-state index contributed by atoms with van der Waals surface area (Å²) in [5, 5.41) is 19.4. The van der Waals surface area contributed by atoms with Crippen LogP contribution in [0.15, 0.2) is 42.5 Å². The highest BCUT2D eigenvalue weighted by atomic mass is 31.2. The molecule has 1 unspecified atom stereocenters. The Morgan fingerprint density at radius 3 is 2.39 bits per heavy atom. The number of hydrogen-bond donors (Lipinski definition) is 4. The smallest absolute Gasteiger partial charge is 0.508 e. The fourth-order valence-corrected chi connectivity index (χ4v) is 2.54. The second-order valence-electron chi connectivity index (χ2n) is 4.91. The Bertz CT molecular complexity index is 781. The lowest BCUT2D eigenvalue weighted by molar-refractivity contribution is 0.0961. The standard InChI is InChI=1S/C15H15O7P/c1-9(10-4-2-5-11(16)8-10)15(18)14-12(17)6-3-7-13(14)22-23(19,20)21/h2-9,16-17H,1H3,(H2,19,20,21). The van der Waals surface area contributed by atoms with E-state index >= 15 is 0 Å². The van der Waals surface area contributed by atoms with E-state index in [0.29, 0.717) is 5.56 Å². The molecule has 0 radical (unpaired) electrons. The first kappa shape index (κ1) is 17.0. The van der Waals surface area contributed by atoms with E-state index in [1.54, 1.807) is 19.1 Å². The molecule has 7 nitrogen and oxygen atoms in total. The van der Waals surface area contributed by atoms with Crippen LogP contribution in [0.2, 0.25) is 0 Å². The molecule has 0 aliphatic rings. The Kier molecular flexibility index (Phi) is 4.75. The first-order chi connectivity index (χ1) is 10.7.